The lowest BCUT2D eigenvalue weighted by Gasteiger charge is -2.33. The number of amides is 1. The summed E-state index contributed by atoms with van der Waals surface area (Å²) in [6.07, 6.45) is 2.05. The van der Waals surface area contributed by atoms with Gasteiger partial charge in [-0.05, 0) is 13.3 Å². The Labute approximate surface area is 123 Å². The Kier molecular flexibility index (Phi) is 4.96. The van der Waals surface area contributed by atoms with E-state index in [2.05, 4.69) is 15.3 Å². The number of carbonyl (C=O) groups is 1. The van der Waals surface area contributed by atoms with Gasteiger partial charge in [0.15, 0.2) is 5.03 Å². The zero-order chi connectivity index (χ0) is 15.5. The van der Waals surface area contributed by atoms with E-state index in [9.17, 15) is 13.2 Å². The zero-order valence-corrected chi connectivity index (χ0v) is 12.9. The van der Waals surface area contributed by atoms with E-state index >= 15 is 0 Å². The molecular weight excluding hydrogens is 296 g/mol. The van der Waals surface area contributed by atoms with Crippen LogP contribution >= 0.6 is 0 Å². The first kappa shape index (κ1) is 15.9. The van der Waals surface area contributed by atoms with Crippen molar-refractivity contribution in [2.24, 2.45) is 0 Å². The maximum atomic E-state index is 12.6. The van der Waals surface area contributed by atoms with E-state index in [1.807, 2.05) is 6.92 Å². The van der Waals surface area contributed by atoms with Crippen LogP contribution in [0.5, 0.6) is 0 Å². The number of aryl methyl sites for hydroxylation is 1. The molecule has 0 bridgehead atoms. The predicted octanol–water partition coefficient (Wildman–Crippen LogP) is -0.366. The van der Waals surface area contributed by atoms with Crippen molar-refractivity contribution in [3.63, 3.8) is 0 Å². The summed E-state index contributed by atoms with van der Waals surface area (Å²) in [5.74, 6) is 0.171. The van der Waals surface area contributed by atoms with Crippen molar-refractivity contribution in [1.29, 1.82) is 0 Å². The minimum atomic E-state index is -3.79. The Balaban J connectivity index is 2.23. The second-order valence-electron chi connectivity index (χ2n) is 4.83. The number of hydrogen-bond donors (Lipinski definition) is 2. The maximum absolute atomic E-state index is 12.6. The molecule has 8 nitrogen and oxygen atoms in total. The van der Waals surface area contributed by atoms with Crippen molar-refractivity contribution in [1.82, 2.24) is 19.6 Å². The highest BCUT2D eigenvalue weighted by Gasteiger charge is 2.38. The SMILES string of the molecule is CCCNC(=O)C1COCCN1S(=O)(=O)c1cnc(C)[nH]1. The first-order valence-corrected chi connectivity index (χ1v) is 8.29. The molecule has 21 heavy (non-hydrogen) atoms. The van der Waals surface area contributed by atoms with Gasteiger partial charge in [-0.2, -0.15) is 4.31 Å². The third kappa shape index (κ3) is 3.42. The lowest BCUT2D eigenvalue weighted by molar-refractivity contribution is -0.129. The Morgan fingerprint density at radius 1 is 1.62 bits per heavy atom. The fourth-order valence-corrected chi connectivity index (χ4v) is 3.63. The van der Waals surface area contributed by atoms with Crippen molar-refractivity contribution in [2.75, 3.05) is 26.3 Å². The molecule has 2 rings (SSSR count). The van der Waals surface area contributed by atoms with Crippen molar-refractivity contribution >= 4 is 15.9 Å². The molecule has 1 amide bonds. The first-order valence-electron chi connectivity index (χ1n) is 6.85. The lowest BCUT2D eigenvalue weighted by Crippen LogP contribution is -2.55. The highest BCUT2D eigenvalue weighted by Crippen LogP contribution is 2.19. The molecule has 0 spiro atoms. The highest BCUT2D eigenvalue weighted by molar-refractivity contribution is 7.89. The smallest absolute Gasteiger partial charge is 0.261 e. The fraction of sp³-hybridized carbons (Fsp3) is 0.667. The van der Waals surface area contributed by atoms with Gasteiger partial charge in [0.05, 0.1) is 19.4 Å². The summed E-state index contributed by atoms with van der Waals surface area (Å²) in [6, 6.07) is -0.848. The number of morpholine rings is 1. The second-order valence-corrected chi connectivity index (χ2v) is 6.69. The maximum Gasteiger partial charge on any atom is 0.261 e. The Hall–Kier alpha value is -1.45. The van der Waals surface area contributed by atoms with E-state index in [1.54, 1.807) is 6.92 Å². The van der Waals surface area contributed by atoms with E-state index in [0.717, 1.165) is 6.42 Å². The van der Waals surface area contributed by atoms with Crippen molar-refractivity contribution in [2.45, 2.75) is 31.3 Å². The summed E-state index contributed by atoms with van der Waals surface area (Å²) < 4.78 is 31.6. The Morgan fingerprint density at radius 3 is 3.00 bits per heavy atom. The molecule has 0 aromatic carbocycles. The van der Waals surface area contributed by atoms with Crippen molar-refractivity contribution in [3.05, 3.63) is 12.0 Å². The standard InChI is InChI=1S/C12H20N4O4S/c1-3-4-13-12(17)10-8-20-6-5-16(10)21(18,19)11-7-14-9(2)15-11/h7,10H,3-6,8H2,1-2H3,(H,13,17)(H,14,15). The third-order valence-electron chi connectivity index (χ3n) is 3.20. The zero-order valence-electron chi connectivity index (χ0n) is 12.1. The Bertz CT molecular complexity index is 598. The molecule has 2 N–H and O–H groups in total. The van der Waals surface area contributed by atoms with Crippen LogP contribution in [0.1, 0.15) is 19.2 Å². The summed E-state index contributed by atoms with van der Waals surface area (Å²) in [6.45, 7) is 4.58. The summed E-state index contributed by atoms with van der Waals surface area (Å²) in [5, 5.41) is 2.71. The summed E-state index contributed by atoms with van der Waals surface area (Å²) in [4.78, 5) is 18.7. The van der Waals surface area contributed by atoms with Crippen LogP contribution in [0, 0.1) is 6.92 Å². The van der Waals surface area contributed by atoms with Gasteiger partial charge in [0.1, 0.15) is 11.9 Å². The van der Waals surface area contributed by atoms with Gasteiger partial charge in [-0.25, -0.2) is 13.4 Å². The van der Waals surface area contributed by atoms with Gasteiger partial charge in [-0.1, -0.05) is 6.92 Å². The van der Waals surface area contributed by atoms with E-state index in [4.69, 9.17) is 4.74 Å². The fourth-order valence-electron chi connectivity index (χ4n) is 2.10. The van der Waals surface area contributed by atoms with E-state index in [1.165, 1.54) is 10.5 Å². The molecule has 1 saturated heterocycles. The molecule has 1 aliphatic heterocycles. The van der Waals surface area contributed by atoms with Crippen LogP contribution in [0.15, 0.2) is 11.2 Å². The van der Waals surface area contributed by atoms with Gasteiger partial charge >= 0.3 is 0 Å². The number of ether oxygens (including phenoxy) is 1. The molecule has 9 heteroatoms. The van der Waals surface area contributed by atoms with E-state index in [-0.39, 0.29) is 30.7 Å². The van der Waals surface area contributed by atoms with Crippen LogP contribution in [-0.4, -0.2) is 60.9 Å². The lowest BCUT2D eigenvalue weighted by atomic mass is 10.2. The second kappa shape index (κ2) is 6.54. The van der Waals surface area contributed by atoms with Gasteiger partial charge in [-0.3, -0.25) is 4.79 Å². The number of H-pyrrole nitrogens is 1. The minimum Gasteiger partial charge on any atom is -0.378 e. The number of aromatic nitrogens is 2. The number of hydrogen-bond acceptors (Lipinski definition) is 5. The van der Waals surface area contributed by atoms with Gasteiger partial charge < -0.3 is 15.0 Å². The number of nitrogens with zero attached hydrogens (tertiary/aromatic N) is 2. The normalized spacial score (nSPS) is 20.4. The molecule has 118 valence electrons. The number of sulfonamides is 1. The van der Waals surface area contributed by atoms with Crippen molar-refractivity contribution < 1.29 is 17.9 Å². The molecule has 1 aromatic rings. The predicted molar refractivity (Wildman–Crippen MR) is 75.1 cm³/mol. The Morgan fingerprint density at radius 2 is 2.38 bits per heavy atom. The van der Waals surface area contributed by atoms with Gasteiger partial charge in [0.25, 0.3) is 10.0 Å². The van der Waals surface area contributed by atoms with Crippen LogP contribution in [0.4, 0.5) is 0 Å². The molecular formula is C12H20N4O4S. The number of carbonyl (C=O) groups excluding carboxylic acids is 1. The molecule has 1 aliphatic rings. The van der Waals surface area contributed by atoms with Gasteiger partial charge in [-0.15, -0.1) is 0 Å². The van der Waals surface area contributed by atoms with Crippen LogP contribution in [0.2, 0.25) is 0 Å². The molecule has 0 aliphatic carbocycles. The van der Waals surface area contributed by atoms with Crippen LogP contribution < -0.4 is 5.32 Å². The van der Waals surface area contributed by atoms with Crippen LogP contribution in [0.25, 0.3) is 0 Å². The monoisotopic (exact) mass is 316 g/mol. The summed E-state index contributed by atoms with van der Waals surface area (Å²) in [7, 11) is -3.79. The molecule has 1 unspecified atom stereocenters. The highest BCUT2D eigenvalue weighted by atomic mass is 32.2. The molecule has 0 saturated carbocycles. The van der Waals surface area contributed by atoms with Gasteiger partial charge in [0, 0.05) is 13.1 Å². The quantitative estimate of drug-likeness (QED) is 0.771. The van der Waals surface area contributed by atoms with Crippen molar-refractivity contribution in [3.8, 4) is 0 Å². The molecule has 1 atom stereocenters. The molecule has 1 aromatic heterocycles. The topological polar surface area (TPSA) is 104 Å². The average molecular weight is 316 g/mol. The molecule has 1 fully saturated rings. The summed E-state index contributed by atoms with van der Waals surface area (Å²) >= 11 is 0. The largest absolute Gasteiger partial charge is 0.378 e. The van der Waals surface area contributed by atoms with Crippen LogP contribution in [-0.2, 0) is 19.6 Å². The summed E-state index contributed by atoms with van der Waals surface area (Å²) in [5.41, 5.74) is 0. The van der Waals surface area contributed by atoms with Gasteiger partial charge in [0.2, 0.25) is 5.91 Å². The van der Waals surface area contributed by atoms with E-state index < -0.39 is 16.1 Å². The number of imidazole rings is 1. The molecule has 2 heterocycles. The number of rotatable bonds is 5. The van der Waals surface area contributed by atoms with E-state index in [0.29, 0.717) is 12.4 Å². The molecule has 0 radical (unpaired) electrons. The number of aromatic amines is 1. The first-order chi connectivity index (χ1) is 9.96. The third-order valence-corrected chi connectivity index (χ3v) is 5.02. The number of nitrogens with one attached hydrogen (secondary N) is 2. The minimum absolute atomic E-state index is 0.00445. The van der Waals surface area contributed by atoms with Crippen LogP contribution in [0.3, 0.4) is 0 Å². The average Bonchev–Trinajstić information content (AvgIpc) is 2.92.